The van der Waals surface area contributed by atoms with Crippen LogP contribution >= 0.6 is 0 Å². The van der Waals surface area contributed by atoms with Gasteiger partial charge in [0.25, 0.3) is 0 Å². The van der Waals surface area contributed by atoms with E-state index in [0.717, 1.165) is 51.9 Å². The second kappa shape index (κ2) is 6.25. The van der Waals surface area contributed by atoms with Gasteiger partial charge in [0, 0.05) is 32.2 Å². The monoisotopic (exact) mass is 294 g/mol. The Labute approximate surface area is 128 Å². The second-order valence-electron chi connectivity index (χ2n) is 7.50. The smallest absolute Gasteiger partial charge is 0.225 e. The van der Waals surface area contributed by atoms with E-state index < -0.39 is 0 Å². The zero-order valence-corrected chi connectivity index (χ0v) is 13.8. The summed E-state index contributed by atoms with van der Waals surface area (Å²) in [5.74, 6) is 2.09. The minimum Gasteiger partial charge on any atom is -0.381 e. The van der Waals surface area contributed by atoms with Gasteiger partial charge in [-0.15, -0.1) is 0 Å². The molecule has 0 aromatic carbocycles. The fourth-order valence-electron chi connectivity index (χ4n) is 4.54. The van der Waals surface area contributed by atoms with Crippen molar-refractivity contribution in [3.05, 3.63) is 0 Å². The van der Waals surface area contributed by atoms with Gasteiger partial charge in [-0.1, -0.05) is 0 Å². The van der Waals surface area contributed by atoms with Crippen molar-refractivity contribution in [1.82, 2.24) is 9.80 Å². The Balaban J connectivity index is 1.50. The van der Waals surface area contributed by atoms with E-state index in [1.165, 1.54) is 0 Å². The number of piperidine rings is 1. The molecule has 0 spiro atoms. The van der Waals surface area contributed by atoms with Crippen molar-refractivity contribution in [2.24, 2.45) is 17.8 Å². The lowest BCUT2D eigenvalue weighted by Gasteiger charge is -2.35. The number of fused-ring (bicyclic) bond motifs is 1. The van der Waals surface area contributed by atoms with Crippen LogP contribution in [-0.2, 0) is 9.53 Å². The van der Waals surface area contributed by atoms with Crippen molar-refractivity contribution >= 4 is 5.91 Å². The quantitative estimate of drug-likeness (QED) is 0.798. The molecule has 2 aliphatic heterocycles. The highest BCUT2D eigenvalue weighted by atomic mass is 16.5. The van der Waals surface area contributed by atoms with Gasteiger partial charge in [0.1, 0.15) is 0 Å². The van der Waals surface area contributed by atoms with Crippen molar-refractivity contribution in [1.29, 1.82) is 0 Å². The van der Waals surface area contributed by atoms with Crippen LogP contribution in [0.15, 0.2) is 0 Å². The van der Waals surface area contributed by atoms with E-state index >= 15 is 0 Å². The Morgan fingerprint density at radius 3 is 2.14 bits per heavy atom. The van der Waals surface area contributed by atoms with Gasteiger partial charge in [0.2, 0.25) is 5.91 Å². The average Bonchev–Trinajstić information content (AvgIpc) is 3.04. The van der Waals surface area contributed by atoms with Crippen molar-refractivity contribution < 1.29 is 9.53 Å². The molecule has 120 valence electrons. The summed E-state index contributed by atoms with van der Waals surface area (Å²) >= 11 is 0. The van der Waals surface area contributed by atoms with Crippen LogP contribution in [0.1, 0.15) is 39.5 Å². The van der Waals surface area contributed by atoms with Gasteiger partial charge < -0.3 is 14.5 Å². The first-order valence-electron chi connectivity index (χ1n) is 8.64. The van der Waals surface area contributed by atoms with Crippen LogP contribution in [0, 0.1) is 17.8 Å². The van der Waals surface area contributed by atoms with Crippen LogP contribution in [0.25, 0.3) is 0 Å². The van der Waals surface area contributed by atoms with Crippen LogP contribution < -0.4 is 0 Å². The molecule has 2 saturated heterocycles. The summed E-state index contributed by atoms with van der Waals surface area (Å²) in [7, 11) is 1.82. The Kier molecular flexibility index (Phi) is 4.55. The number of amides is 1. The Hall–Kier alpha value is -0.610. The predicted octanol–water partition coefficient (Wildman–Crippen LogP) is 1.99. The summed E-state index contributed by atoms with van der Waals surface area (Å²) in [6.07, 6.45) is 4.83. The molecule has 1 amide bonds. The molecule has 1 aliphatic carbocycles. The van der Waals surface area contributed by atoms with E-state index in [1.54, 1.807) is 0 Å². The Morgan fingerprint density at radius 2 is 1.67 bits per heavy atom. The molecule has 3 atom stereocenters. The highest BCUT2D eigenvalue weighted by Crippen LogP contribution is 2.40. The molecule has 4 heteroatoms. The fraction of sp³-hybridized carbons (Fsp3) is 0.941. The van der Waals surface area contributed by atoms with Gasteiger partial charge in [-0.25, -0.2) is 0 Å². The number of carbonyl (C=O) groups excluding carboxylic acids is 1. The van der Waals surface area contributed by atoms with Gasteiger partial charge in [-0.05, 0) is 64.5 Å². The first-order valence-corrected chi connectivity index (χ1v) is 8.64. The molecule has 0 aromatic heterocycles. The molecule has 0 bridgehead atoms. The molecule has 21 heavy (non-hydrogen) atoms. The number of likely N-dealkylation sites (tertiary alicyclic amines) is 2. The maximum atomic E-state index is 12.7. The molecule has 1 unspecified atom stereocenters. The summed E-state index contributed by atoms with van der Waals surface area (Å²) in [5, 5.41) is 0. The van der Waals surface area contributed by atoms with Gasteiger partial charge in [0.05, 0.1) is 6.10 Å². The highest BCUT2D eigenvalue weighted by molar-refractivity contribution is 5.79. The zero-order chi connectivity index (χ0) is 15.0. The van der Waals surface area contributed by atoms with E-state index in [9.17, 15) is 4.79 Å². The number of nitrogens with zero attached hydrogens (tertiary/aromatic N) is 2. The van der Waals surface area contributed by atoms with Crippen LogP contribution in [0.3, 0.4) is 0 Å². The van der Waals surface area contributed by atoms with Gasteiger partial charge >= 0.3 is 0 Å². The fourth-order valence-corrected chi connectivity index (χ4v) is 4.54. The normalized spacial score (nSPS) is 34.7. The number of hydrogen-bond donors (Lipinski definition) is 0. The molecule has 3 rings (SSSR count). The predicted molar refractivity (Wildman–Crippen MR) is 83.0 cm³/mol. The van der Waals surface area contributed by atoms with Crippen molar-refractivity contribution in [3.63, 3.8) is 0 Å². The molecule has 1 saturated carbocycles. The number of ether oxygens (including phenoxy) is 1. The van der Waals surface area contributed by atoms with Crippen LogP contribution in [0.2, 0.25) is 0 Å². The lowest BCUT2D eigenvalue weighted by molar-refractivity contribution is -0.136. The third-order valence-corrected chi connectivity index (χ3v) is 5.96. The van der Waals surface area contributed by atoms with Crippen molar-refractivity contribution in [2.45, 2.75) is 51.7 Å². The van der Waals surface area contributed by atoms with Gasteiger partial charge in [0.15, 0.2) is 0 Å². The first-order chi connectivity index (χ1) is 10.1. The van der Waals surface area contributed by atoms with E-state index in [0.29, 0.717) is 29.9 Å². The van der Waals surface area contributed by atoms with Crippen LogP contribution in [0.4, 0.5) is 0 Å². The van der Waals surface area contributed by atoms with E-state index in [2.05, 4.69) is 23.6 Å². The lowest BCUT2D eigenvalue weighted by Crippen LogP contribution is -2.44. The maximum Gasteiger partial charge on any atom is 0.225 e. The molecule has 3 fully saturated rings. The standard InChI is InChI=1S/C17H30N2O2/c1-12(2)18-6-4-13(5-7-18)17(20)19-10-14-8-16(21-3)9-15(14)11-19/h12-16H,4-11H2,1-3H3/t14-,15+,16?. The van der Waals surface area contributed by atoms with E-state index in [4.69, 9.17) is 4.74 Å². The molecule has 4 nitrogen and oxygen atoms in total. The van der Waals surface area contributed by atoms with E-state index in [1.807, 2.05) is 7.11 Å². The Bertz CT molecular complexity index is 363. The summed E-state index contributed by atoms with van der Waals surface area (Å²) in [6, 6.07) is 0.609. The summed E-state index contributed by atoms with van der Waals surface area (Å²) < 4.78 is 5.48. The molecule has 0 aromatic rings. The topological polar surface area (TPSA) is 32.8 Å². The maximum absolute atomic E-state index is 12.7. The highest BCUT2D eigenvalue weighted by Gasteiger charge is 2.43. The summed E-state index contributed by atoms with van der Waals surface area (Å²) in [4.78, 5) is 17.4. The third kappa shape index (κ3) is 3.11. The van der Waals surface area contributed by atoms with Crippen LogP contribution in [-0.4, -0.2) is 61.1 Å². The molecule has 0 N–H and O–H groups in total. The SMILES string of the molecule is COC1C[C@@H]2CN(C(=O)C3CCN(C(C)C)CC3)C[C@@H]2C1. The molecular formula is C17H30N2O2. The molecule has 0 radical (unpaired) electrons. The minimum atomic E-state index is 0.275. The van der Waals surface area contributed by atoms with Crippen LogP contribution in [0.5, 0.6) is 0 Å². The molecular weight excluding hydrogens is 264 g/mol. The second-order valence-corrected chi connectivity index (χ2v) is 7.50. The number of carbonyl (C=O) groups is 1. The largest absolute Gasteiger partial charge is 0.381 e. The van der Waals surface area contributed by atoms with Gasteiger partial charge in [-0.3, -0.25) is 4.79 Å². The molecule has 3 aliphatic rings. The summed E-state index contributed by atoms with van der Waals surface area (Å²) in [5.41, 5.74) is 0. The lowest BCUT2D eigenvalue weighted by atomic mass is 9.94. The van der Waals surface area contributed by atoms with Crippen molar-refractivity contribution in [2.75, 3.05) is 33.3 Å². The van der Waals surface area contributed by atoms with Gasteiger partial charge in [-0.2, -0.15) is 0 Å². The Morgan fingerprint density at radius 1 is 1.10 bits per heavy atom. The average molecular weight is 294 g/mol. The number of rotatable bonds is 3. The number of hydrogen-bond acceptors (Lipinski definition) is 3. The summed E-state index contributed by atoms with van der Waals surface area (Å²) in [6.45, 7) is 8.62. The van der Waals surface area contributed by atoms with E-state index in [-0.39, 0.29) is 5.92 Å². The zero-order valence-electron chi connectivity index (χ0n) is 13.8. The third-order valence-electron chi connectivity index (χ3n) is 5.96. The molecule has 2 heterocycles. The first kappa shape index (κ1) is 15.3. The van der Waals surface area contributed by atoms with Crippen molar-refractivity contribution in [3.8, 4) is 0 Å². The minimum absolute atomic E-state index is 0.275. The number of methoxy groups -OCH3 is 1.